The van der Waals surface area contributed by atoms with Gasteiger partial charge in [0.2, 0.25) is 0 Å². The molecule has 1 aliphatic rings. The van der Waals surface area contributed by atoms with Crippen LogP contribution in [-0.2, 0) is 16.0 Å². The Labute approximate surface area is 90.3 Å². The van der Waals surface area contributed by atoms with Gasteiger partial charge < -0.3 is 4.74 Å². The molecule has 1 aromatic carbocycles. The molecule has 0 aromatic heterocycles. The van der Waals surface area contributed by atoms with Crippen LogP contribution in [0, 0.1) is 5.92 Å². The monoisotopic (exact) mass is 204 g/mol. The van der Waals surface area contributed by atoms with Crippen LogP contribution < -0.4 is 0 Å². The molecule has 2 rings (SSSR count). The van der Waals surface area contributed by atoms with Crippen molar-refractivity contribution in [1.82, 2.24) is 0 Å². The molecule has 0 radical (unpaired) electrons. The number of benzene rings is 1. The van der Waals surface area contributed by atoms with Gasteiger partial charge in [0.1, 0.15) is 5.60 Å². The zero-order chi connectivity index (χ0) is 10.9. The molecule has 80 valence electrons. The molecule has 1 atom stereocenters. The van der Waals surface area contributed by atoms with Crippen LogP contribution in [0.3, 0.4) is 0 Å². The minimum Gasteiger partial charge on any atom is -0.459 e. The smallest absolute Gasteiger partial charge is 0.306 e. The summed E-state index contributed by atoms with van der Waals surface area (Å²) in [6.45, 7) is 3.98. The van der Waals surface area contributed by atoms with Crippen LogP contribution in [0.25, 0.3) is 0 Å². The van der Waals surface area contributed by atoms with Crippen molar-refractivity contribution < 1.29 is 9.53 Å². The molecule has 15 heavy (non-hydrogen) atoms. The lowest BCUT2D eigenvalue weighted by Crippen LogP contribution is -2.28. The van der Waals surface area contributed by atoms with Gasteiger partial charge >= 0.3 is 5.97 Å². The Kier molecular flexibility index (Phi) is 2.51. The van der Waals surface area contributed by atoms with Crippen LogP contribution in [0.1, 0.15) is 25.8 Å². The van der Waals surface area contributed by atoms with Gasteiger partial charge in [-0.25, -0.2) is 0 Å². The maximum atomic E-state index is 11.2. The third kappa shape index (κ3) is 2.20. The first-order chi connectivity index (χ1) is 7.08. The molecule has 2 nitrogen and oxygen atoms in total. The van der Waals surface area contributed by atoms with Gasteiger partial charge in [-0.05, 0) is 25.8 Å². The summed E-state index contributed by atoms with van der Waals surface area (Å²) in [4.78, 5) is 11.2. The number of hydrogen-bond donors (Lipinski definition) is 0. The van der Waals surface area contributed by atoms with Crippen molar-refractivity contribution in [3.63, 3.8) is 0 Å². The number of ether oxygens (including phenoxy) is 1. The average Bonchev–Trinajstić information content (AvgIpc) is 2.41. The summed E-state index contributed by atoms with van der Waals surface area (Å²) in [5.41, 5.74) is 0.960. The topological polar surface area (TPSA) is 26.3 Å². The van der Waals surface area contributed by atoms with E-state index in [2.05, 4.69) is 12.1 Å². The van der Waals surface area contributed by atoms with Gasteiger partial charge in [-0.15, -0.1) is 0 Å². The molecule has 0 N–H and O–H groups in total. The predicted octanol–water partition coefficient (Wildman–Crippen LogP) is 2.57. The molecule has 0 saturated carbocycles. The van der Waals surface area contributed by atoms with Gasteiger partial charge in [-0.2, -0.15) is 0 Å². The summed E-state index contributed by atoms with van der Waals surface area (Å²) < 4.78 is 5.29. The van der Waals surface area contributed by atoms with Crippen molar-refractivity contribution in [2.75, 3.05) is 0 Å². The first kappa shape index (κ1) is 10.2. The Hall–Kier alpha value is -1.31. The molecule has 1 fully saturated rings. The molecule has 2 heteroatoms. The van der Waals surface area contributed by atoms with E-state index in [0.717, 1.165) is 6.42 Å². The highest BCUT2D eigenvalue weighted by molar-refractivity contribution is 5.72. The fraction of sp³-hybridized carbons (Fsp3) is 0.462. The van der Waals surface area contributed by atoms with Crippen LogP contribution in [0.5, 0.6) is 0 Å². The second-order valence-corrected chi connectivity index (χ2v) is 4.67. The third-order valence-electron chi connectivity index (χ3n) is 3.10. The van der Waals surface area contributed by atoms with Crippen LogP contribution in [0.4, 0.5) is 0 Å². The molecule has 1 heterocycles. The van der Waals surface area contributed by atoms with Crippen LogP contribution in [-0.4, -0.2) is 11.6 Å². The van der Waals surface area contributed by atoms with Crippen molar-refractivity contribution in [3.05, 3.63) is 35.9 Å². The minimum atomic E-state index is -0.313. The first-order valence-electron chi connectivity index (χ1n) is 5.34. The van der Waals surface area contributed by atoms with Crippen molar-refractivity contribution >= 4 is 5.97 Å². The van der Waals surface area contributed by atoms with Crippen LogP contribution >= 0.6 is 0 Å². The maximum absolute atomic E-state index is 11.2. The number of carbonyl (C=O) groups is 1. The van der Waals surface area contributed by atoms with E-state index in [1.807, 2.05) is 32.0 Å². The van der Waals surface area contributed by atoms with Crippen LogP contribution in [0.2, 0.25) is 0 Å². The minimum absolute atomic E-state index is 0.0686. The summed E-state index contributed by atoms with van der Waals surface area (Å²) >= 11 is 0. The van der Waals surface area contributed by atoms with E-state index in [1.165, 1.54) is 5.56 Å². The first-order valence-corrected chi connectivity index (χ1v) is 5.34. The van der Waals surface area contributed by atoms with E-state index in [-0.39, 0.29) is 11.6 Å². The number of cyclic esters (lactones) is 1. The van der Waals surface area contributed by atoms with Gasteiger partial charge in [-0.3, -0.25) is 4.79 Å². The molecule has 0 aliphatic carbocycles. The molecule has 1 aliphatic heterocycles. The van der Waals surface area contributed by atoms with E-state index >= 15 is 0 Å². The van der Waals surface area contributed by atoms with Crippen molar-refractivity contribution in [3.8, 4) is 0 Å². The Balaban J connectivity index is 2.10. The van der Waals surface area contributed by atoms with E-state index in [4.69, 9.17) is 4.74 Å². The van der Waals surface area contributed by atoms with Crippen LogP contribution in [0.15, 0.2) is 30.3 Å². The van der Waals surface area contributed by atoms with E-state index in [1.54, 1.807) is 0 Å². The molecular weight excluding hydrogens is 188 g/mol. The standard InChI is InChI=1S/C13H16O2/c1-13(2)11(9-12(14)15-13)8-10-6-4-3-5-7-10/h3-7,11H,8-9H2,1-2H3. The fourth-order valence-electron chi connectivity index (χ4n) is 2.08. The largest absolute Gasteiger partial charge is 0.459 e. The molecule has 0 bridgehead atoms. The van der Waals surface area contributed by atoms with Gasteiger partial charge in [0.25, 0.3) is 0 Å². The Morgan fingerprint density at radius 1 is 1.33 bits per heavy atom. The molecule has 0 spiro atoms. The maximum Gasteiger partial charge on any atom is 0.306 e. The second-order valence-electron chi connectivity index (χ2n) is 4.67. The zero-order valence-electron chi connectivity index (χ0n) is 9.19. The van der Waals surface area contributed by atoms with Gasteiger partial charge in [-0.1, -0.05) is 30.3 Å². The summed E-state index contributed by atoms with van der Waals surface area (Å²) in [6, 6.07) is 10.3. The summed E-state index contributed by atoms with van der Waals surface area (Å²) in [6.07, 6.45) is 1.46. The number of carbonyl (C=O) groups excluding carboxylic acids is 1. The third-order valence-corrected chi connectivity index (χ3v) is 3.10. The Bertz CT molecular complexity index is 354. The Morgan fingerprint density at radius 3 is 2.53 bits per heavy atom. The number of rotatable bonds is 2. The predicted molar refractivity (Wildman–Crippen MR) is 58.4 cm³/mol. The lowest BCUT2D eigenvalue weighted by molar-refractivity contribution is -0.146. The molecule has 1 unspecified atom stereocenters. The molecule has 1 saturated heterocycles. The summed E-state index contributed by atoms with van der Waals surface area (Å²) in [7, 11) is 0. The van der Waals surface area contributed by atoms with Crippen molar-refractivity contribution in [2.45, 2.75) is 32.3 Å². The lowest BCUT2D eigenvalue weighted by Gasteiger charge is -2.24. The molecule has 0 amide bonds. The highest BCUT2D eigenvalue weighted by Gasteiger charge is 2.41. The second kappa shape index (κ2) is 3.69. The quantitative estimate of drug-likeness (QED) is 0.692. The summed E-state index contributed by atoms with van der Waals surface area (Å²) in [5.74, 6) is 0.230. The Morgan fingerprint density at radius 2 is 2.00 bits per heavy atom. The number of esters is 1. The fourth-order valence-corrected chi connectivity index (χ4v) is 2.08. The highest BCUT2D eigenvalue weighted by atomic mass is 16.6. The van der Waals surface area contributed by atoms with Crippen molar-refractivity contribution in [1.29, 1.82) is 0 Å². The molecular formula is C13H16O2. The SMILES string of the molecule is CC1(C)OC(=O)CC1Cc1ccccc1. The zero-order valence-corrected chi connectivity index (χ0v) is 9.19. The highest BCUT2D eigenvalue weighted by Crippen LogP contribution is 2.34. The van der Waals surface area contributed by atoms with Gasteiger partial charge in [0.15, 0.2) is 0 Å². The molecule has 1 aromatic rings. The normalized spacial score (nSPS) is 23.9. The van der Waals surface area contributed by atoms with Crippen molar-refractivity contribution in [2.24, 2.45) is 5.92 Å². The van der Waals surface area contributed by atoms with E-state index < -0.39 is 0 Å². The van der Waals surface area contributed by atoms with Gasteiger partial charge in [0.05, 0.1) is 6.42 Å². The lowest BCUT2D eigenvalue weighted by atomic mass is 9.85. The van der Waals surface area contributed by atoms with Gasteiger partial charge in [0, 0.05) is 5.92 Å². The average molecular weight is 204 g/mol. The summed E-state index contributed by atoms with van der Waals surface area (Å²) in [5, 5.41) is 0. The number of hydrogen-bond acceptors (Lipinski definition) is 2. The van der Waals surface area contributed by atoms with E-state index in [0.29, 0.717) is 12.3 Å². The van der Waals surface area contributed by atoms with E-state index in [9.17, 15) is 4.79 Å².